The monoisotopic (exact) mass is 375 g/mol. The fraction of sp³-hybridized carbons (Fsp3) is 0.353. The molecule has 26 heavy (non-hydrogen) atoms. The van der Waals surface area contributed by atoms with Crippen molar-refractivity contribution < 1.29 is 4.42 Å². The SMILES string of the molecule is CCNC(=NCc1nc(-c2ccco2)n[nH]1)N(C)Cc1cc(Cl)cn1C. The minimum atomic E-state index is 0.383. The number of hydrogen-bond acceptors (Lipinski definition) is 4. The average molecular weight is 376 g/mol. The van der Waals surface area contributed by atoms with Crippen LogP contribution >= 0.6 is 11.6 Å². The second kappa shape index (κ2) is 8.09. The van der Waals surface area contributed by atoms with E-state index < -0.39 is 0 Å². The lowest BCUT2D eigenvalue weighted by Gasteiger charge is -2.22. The van der Waals surface area contributed by atoms with Crippen LogP contribution in [0.5, 0.6) is 0 Å². The van der Waals surface area contributed by atoms with Gasteiger partial charge in [0, 0.05) is 32.5 Å². The Morgan fingerprint density at radius 1 is 1.50 bits per heavy atom. The van der Waals surface area contributed by atoms with Crippen molar-refractivity contribution in [1.82, 2.24) is 30.0 Å². The van der Waals surface area contributed by atoms with Crippen LogP contribution in [0.1, 0.15) is 18.4 Å². The molecule has 0 aliphatic carbocycles. The first-order valence-electron chi connectivity index (χ1n) is 8.32. The molecule has 0 aromatic carbocycles. The van der Waals surface area contributed by atoms with Crippen LogP contribution < -0.4 is 5.32 Å². The summed E-state index contributed by atoms with van der Waals surface area (Å²) >= 11 is 6.06. The zero-order valence-electron chi connectivity index (χ0n) is 15.0. The molecule has 0 spiro atoms. The molecule has 0 amide bonds. The summed E-state index contributed by atoms with van der Waals surface area (Å²) in [7, 11) is 3.96. The molecule has 3 rings (SSSR count). The minimum Gasteiger partial charge on any atom is -0.461 e. The van der Waals surface area contributed by atoms with Crippen molar-refractivity contribution in [3.8, 4) is 11.6 Å². The molecule has 0 radical (unpaired) electrons. The highest BCUT2D eigenvalue weighted by atomic mass is 35.5. The van der Waals surface area contributed by atoms with E-state index in [0.29, 0.717) is 30.5 Å². The van der Waals surface area contributed by atoms with Crippen molar-refractivity contribution in [2.24, 2.45) is 12.0 Å². The van der Waals surface area contributed by atoms with E-state index in [1.54, 1.807) is 12.3 Å². The predicted octanol–water partition coefficient (Wildman–Crippen LogP) is 2.65. The van der Waals surface area contributed by atoms with E-state index in [1.165, 1.54) is 0 Å². The molecule has 9 heteroatoms. The molecule has 138 valence electrons. The smallest absolute Gasteiger partial charge is 0.216 e. The number of aromatic nitrogens is 4. The quantitative estimate of drug-likeness (QED) is 0.511. The van der Waals surface area contributed by atoms with Crippen LogP contribution in [0, 0.1) is 0 Å². The summed E-state index contributed by atoms with van der Waals surface area (Å²) in [5.74, 6) is 2.60. The Labute approximate surface area is 156 Å². The fourth-order valence-corrected chi connectivity index (χ4v) is 2.82. The lowest BCUT2D eigenvalue weighted by Crippen LogP contribution is -2.38. The number of hydrogen-bond donors (Lipinski definition) is 2. The third-order valence-corrected chi connectivity index (χ3v) is 4.03. The fourth-order valence-electron chi connectivity index (χ4n) is 2.54. The van der Waals surface area contributed by atoms with Crippen LogP contribution in [0.2, 0.25) is 5.02 Å². The van der Waals surface area contributed by atoms with Gasteiger partial charge in [0.1, 0.15) is 12.4 Å². The van der Waals surface area contributed by atoms with E-state index >= 15 is 0 Å². The highest BCUT2D eigenvalue weighted by molar-refractivity contribution is 6.30. The Kier molecular flexibility index (Phi) is 5.62. The number of aromatic amines is 1. The van der Waals surface area contributed by atoms with Crippen molar-refractivity contribution in [3.63, 3.8) is 0 Å². The summed E-state index contributed by atoms with van der Waals surface area (Å²) in [6.45, 7) is 3.87. The van der Waals surface area contributed by atoms with Crippen LogP contribution in [0.25, 0.3) is 11.6 Å². The maximum Gasteiger partial charge on any atom is 0.216 e. The molecule has 0 aliphatic heterocycles. The lowest BCUT2D eigenvalue weighted by molar-refractivity contribution is 0.461. The van der Waals surface area contributed by atoms with E-state index in [2.05, 4.69) is 25.5 Å². The topological polar surface area (TPSA) is 87.3 Å². The van der Waals surface area contributed by atoms with Gasteiger partial charge in [-0.05, 0) is 25.1 Å². The highest BCUT2D eigenvalue weighted by Crippen LogP contribution is 2.15. The molecule has 3 aromatic rings. The van der Waals surface area contributed by atoms with E-state index in [1.807, 2.05) is 48.8 Å². The normalized spacial score (nSPS) is 11.8. The van der Waals surface area contributed by atoms with Crippen molar-refractivity contribution in [3.05, 3.63) is 47.2 Å². The summed E-state index contributed by atoms with van der Waals surface area (Å²) in [6, 6.07) is 5.57. The number of rotatable bonds is 6. The molecular formula is C17H22ClN7O. The number of furan rings is 1. The summed E-state index contributed by atoms with van der Waals surface area (Å²) in [6.07, 6.45) is 3.48. The summed E-state index contributed by atoms with van der Waals surface area (Å²) in [5.41, 5.74) is 1.10. The van der Waals surface area contributed by atoms with Gasteiger partial charge in [0.05, 0.1) is 17.8 Å². The number of aliphatic imine (C=N–C) groups is 1. The van der Waals surface area contributed by atoms with E-state index in [-0.39, 0.29) is 0 Å². The summed E-state index contributed by atoms with van der Waals surface area (Å²) in [5, 5.41) is 11.1. The van der Waals surface area contributed by atoms with Crippen LogP contribution in [0.3, 0.4) is 0 Å². The number of nitrogens with zero attached hydrogens (tertiary/aromatic N) is 5. The Morgan fingerprint density at radius 2 is 2.35 bits per heavy atom. The molecule has 3 heterocycles. The van der Waals surface area contributed by atoms with Crippen LogP contribution in [-0.2, 0) is 20.1 Å². The zero-order valence-corrected chi connectivity index (χ0v) is 15.8. The highest BCUT2D eigenvalue weighted by Gasteiger charge is 2.11. The van der Waals surface area contributed by atoms with Gasteiger partial charge in [0.2, 0.25) is 5.82 Å². The first-order valence-corrected chi connectivity index (χ1v) is 8.70. The number of aryl methyl sites for hydroxylation is 1. The standard InChI is InChI=1S/C17H22ClN7O/c1-4-19-17(25(3)11-13-8-12(18)10-24(13)2)20-9-15-21-16(23-22-15)14-6-5-7-26-14/h5-8,10H,4,9,11H2,1-3H3,(H,19,20)(H,21,22,23). The van der Waals surface area contributed by atoms with Gasteiger partial charge in [-0.15, -0.1) is 5.10 Å². The van der Waals surface area contributed by atoms with Crippen molar-refractivity contribution in [1.29, 1.82) is 0 Å². The number of guanidine groups is 1. The number of nitrogens with one attached hydrogen (secondary N) is 2. The van der Waals surface area contributed by atoms with Gasteiger partial charge in [0.25, 0.3) is 0 Å². The minimum absolute atomic E-state index is 0.383. The van der Waals surface area contributed by atoms with Crippen LogP contribution in [-0.4, -0.2) is 44.2 Å². The Balaban J connectivity index is 1.69. The van der Waals surface area contributed by atoms with E-state index in [4.69, 9.17) is 16.0 Å². The Morgan fingerprint density at radius 3 is 3.00 bits per heavy atom. The second-order valence-electron chi connectivity index (χ2n) is 5.87. The summed E-state index contributed by atoms with van der Waals surface area (Å²) in [4.78, 5) is 11.1. The van der Waals surface area contributed by atoms with E-state index in [9.17, 15) is 0 Å². The Bertz CT molecular complexity index is 866. The first kappa shape index (κ1) is 18.1. The summed E-state index contributed by atoms with van der Waals surface area (Å²) < 4.78 is 7.31. The van der Waals surface area contributed by atoms with Crippen molar-refractivity contribution >= 4 is 17.6 Å². The van der Waals surface area contributed by atoms with Gasteiger partial charge >= 0.3 is 0 Å². The molecule has 0 saturated carbocycles. The molecule has 0 bridgehead atoms. The van der Waals surface area contributed by atoms with Crippen molar-refractivity contribution in [2.75, 3.05) is 13.6 Å². The average Bonchev–Trinajstić information content (AvgIpc) is 3.33. The zero-order chi connectivity index (χ0) is 18.5. The lowest BCUT2D eigenvalue weighted by atomic mass is 10.4. The molecular weight excluding hydrogens is 354 g/mol. The molecule has 0 atom stereocenters. The van der Waals surface area contributed by atoms with Gasteiger partial charge < -0.3 is 19.2 Å². The first-order chi connectivity index (χ1) is 12.6. The van der Waals surface area contributed by atoms with Crippen molar-refractivity contribution in [2.45, 2.75) is 20.0 Å². The Hall–Kier alpha value is -2.74. The largest absolute Gasteiger partial charge is 0.461 e. The molecule has 0 saturated heterocycles. The molecule has 3 aromatic heterocycles. The maximum absolute atomic E-state index is 6.06. The number of halogens is 1. The third kappa shape index (κ3) is 4.26. The van der Waals surface area contributed by atoms with Gasteiger partial charge in [-0.25, -0.2) is 9.98 Å². The predicted molar refractivity (Wildman–Crippen MR) is 101 cm³/mol. The molecule has 0 fully saturated rings. The van der Waals surface area contributed by atoms with Gasteiger partial charge in [-0.3, -0.25) is 5.10 Å². The van der Waals surface area contributed by atoms with Crippen LogP contribution in [0.4, 0.5) is 0 Å². The van der Waals surface area contributed by atoms with Gasteiger partial charge in [0.15, 0.2) is 11.7 Å². The van der Waals surface area contributed by atoms with E-state index in [0.717, 1.165) is 23.2 Å². The number of H-pyrrole nitrogens is 1. The second-order valence-corrected chi connectivity index (χ2v) is 6.31. The molecule has 2 N–H and O–H groups in total. The van der Waals surface area contributed by atoms with Gasteiger partial charge in [-0.2, -0.15) is 0 Å². The molecule has 0 aliphatic rings. The maximum atomic E-state index is 6.06. The molecule has 0 unspecified atom stereocenters. The van der Waals surface area contributed by atoms with Gasteiger partial charge in [-0.1, -0.05) is 11.6 Å². The third-order valence-electron chi connectivity index (χ3n) is 3.82. The van der Waals surface area contributed by atoms with Crippen LogP contribution in [0.15, 0.2) is 40.1 Å². The molecule has 8 nitrogen and oxygen atoms in total.